The number of benzene rings is 2. The third-order valence-corrected chi connectivity index (χ3v) is 4.76. The molecule has 0 bridgehead atoms. The summed E-state index contributed by atoms with van der Waals surface area (Å²) in [5, 5.41) is 10.2. The van der Waals surface area contributed by atoms with Crippen molar-refractivity contribution in [1.29, 1.82) is 0 Å². The van der Waals surface area contributed by atoms with E-state index in [4.69, 9.17) is 11.6 Å². The number of nitrogens with one attached hydrogen (secondary N) is 1. The van der Waals surface area contributed by atoms with Gasteiger partial charge in [-0.1, -0.05) is 27.5 Å². The molecule has 7 heteroatoms. The molecule has 0 aliphatic heterocycles. The molecule has 4 nitrogen and oxygen atoms in total. The van der Waals surface area contributed by atoms with E-state index in [1.807, 2.05) is 0 Å². The van der Waals surface area contributed by atoms with Crippen molar-refractivity contribution in [3.05, 3.63) is 51.5 Å². The number of hydrogen-bond donors (Lipinski definition) is 2. The molecule has 0 unspecified atom stereocenters. The molecule has 2 rings (SSSR count). The second-order valence-electron chi connectivity index (χ2n) is 4.18. The summed E-state index contributed by atoms with van der Waals surface area (Å²) >= 11 is 9.10. The molecule has 2 aromatic carbocycles. The fraction of sp³-hybridized carbons (Fsp3) is 0.0769. The van der Waals surface area contributed by atoms with E-state index in [0.717, 1.165) is 4.47 Å². The predicted octanol–water partition coefficient (Wildman–Crippen LogP) is 3.92. The molecule has 0 radical (unpaired) electrons. The van der Waals surface area contributed by atoms with Crippen molar-refractivity contribution in [3.63, 3.8) is 0 Å². The van der Waals surface area contributed by atoms with Gasteiger partial charge >= 0.3 is 0 Å². The van der Waals surface area contributed by atoms with Crippen LogP contribution >= 0.6 is 27.5 Å². The summed E-state index contributed by atoms with van der Waals surface area (Å²) in [4.78, 5) is 0.0951. The van der Waals surface area contributed by atoms with Crippen LogP contribution in [0.3, 0.4) is 0 Å². The van der Waals surface area contributed by atoms with Crippen molar-refractivity contribution >= 4 is 43.2 Å². The molecule has 2 N–H and O–H groups in total. The number of aryl methyl sites for hydroxylation is 1. The smallest absolute Gasteiger partial charge is 0.262 e. The van der Waals surface area contributed by atoms with Crippen molar-refractivity contribution in [2.24, 2.45) is 0 Å². The van der Waals surface area contributed by atoms with Gasteiger partial charge in [0.25, 0.3) is 10.0 Å². The van der Waals surface area contributed by atoms with Gasteiger partial charge in [0.05, 0.1) is 10.6 Å². The molecule has 0 aliphatic rings. The van der Waals surface area contributed by atoms with Crippen LogP contribution in [0.5, 0.6) is 5.75 Å². The zero-order valence-electron chi connectivity index (χ0n) is 10.4. The Kier molecular flexibility index (Phi) is 4.27. The standard InChI is InChI=1S/C13H11BrClNO3S/c1-8-6-10(15)7-12(13(8)17)16-20(18,19)11-4-2-9(14)3-5-11/h2-7,16-17H,1H3. The second-order valence-corrected chi connectivity index (χ2v) is 7.21. The van der Waals surface area contributed by atoms with Crippen LogP contribution in [0.25, 0.3) is 0 Å². The number of phenols is 1. The first-order valence-corrected chi connectivity index (χ1v) is 8.22. The second kappa shape index (κ2) is 5.63. The number of aromatic hydroxyl groups is 1. The minimum atomic E-state index is -3.78. The summed E-state index contributed by atoms with van der Waals surface area (Å²) in [5.74, 6) is -0.143. The van der Waals surface area contributed by atoms with Gasteiger partial charge in [0.2, 0.25) is 0 Å². The fourth-order valence-electron chi connectivity index (χ4n) is 1.63. The van der Waals surface area contributed by atoms with E-state index in [-0.39, 0.29) is 16.3 Å². The van der Waals surface area contributed by atoms with E-state index < -0.39 is 10.0 Å². The average Bonchev–Trinajstić information content (AvgIpc) is 2.35. The molecule has 0 amide bonds. The number of phenolic OH excluding ortho intramolecular Hbond substituents is 1. The third-order valence-electron chi connectivity index (χ3n) is 2.63. The molecule has 0 heterocycles. The maximum Gasteiger partial charge on any atom is 0.262 e. The van der Waals surface area contributed by atoms with E-state index in [0.29, 0.717) is 10.6 Å². The third kappa shape index (κ3) is 3.26. The summed E-state index contributed by atoms with van der Waals surface area (Å²) in [6.45, 7) is 1.64. The largest absolute Gasteiger partial charge is 0.505 e. The molecule has 0 fully saturated rings. The first-order chi connectivity index (χ1) is 9.29. The molecule has 20 heavy (non-hydrogen) atoms. The number of hydrogen-bond acceptors (Lipinski definition) is 3. The van der Waals surface area contributed by atoms with E-state index in [1.165, 1.54) is 18.2 Å². The first-order valence-electron chi connectivity index (χ1n) is 5.57. The van der Waals surface area contributed by atoms with Gasteiger partial charge in [-0.15, -0.1) is 0 Å². The number of rotatable bonds is 3. The van der Waals surface area contributed by atoms with Crippen LogP contribution < -0.4 is 4.72 Å². The van der Waals surface area contributed by atoms with Crippen LogP contribution in [0.4, 0.5) is 5.69 Å². The maximum absolute atomic E-state index is 12.2. The Morgan fingerprint density at radius 1 is 1.20 bits per heavy atom. The number of anilines is 1. The molecule has 0 aliphatic carbocycles. The SMILES string of the molecule is Cc1cc(Cl)cc(NS(=O)(=O)c2ccc(Br)cc2)c1O. The molecule has 0 spiro atoms. The lowest BCUT2D eigenvalue weighted by Crippen LogP contribution is -2.13. The topological polar surface area (TPSA) is 66.4 Å². The van der Waals surface area contributed by atoms with Gasteiger partial charge in [0.15, 0.2) is 0 Å². The molecule has 0 atom stereocenters. The lowest BCUT2D eigenvalue weighted by Gasteiger charge is -2.11. The van der Waals surface area contributed by atoms with Crippen molar-refractivity contribution < 1.29 is 13.5 Å². The highest BCUT2D eigenvalue weighted by molar-refractivity contribution is 9.10. The molecule has 0 saturated carbocycles. The summed E-state index contributed by atoms with van der Waals surface area (Å²) < 4.78 is 27.5. The molecular formula is C13H11BrClNO3S. The fourth-order valence-corrected chi connectivity index (χ4v) is 3.23. The lowest BCUT2D eigenvalue weighted by molar-refractivity contribution is 0.473. The van der Waals surface area contributed by atoms with Gasteiger partial charge < -0.3 is 5.11 Å². The Hall–Kier alpha value is -1.24. The summed E-state index contributed by atoms with van der Waals surface area (Å²) in [5.41, 5.74) is 0.545. The molecule has 2 aromatic rings. The van der Waals surface area contributed by atoms with Gasteiger partial charge in [0.1, 0.15) is 5.75 Å². The zero-order chi connectivity index (χ0) is 14.9. The van der Waals surface area contributed by atoms with Crippen LogP contribution in [0, 0.1) is 6.92 Å². The van der Waals surface area contributed by atoms with E-state index in [2.05, 4.69) is 20.7 Å². The highest BCUT2D eigenvalue weighted by atomic mass is 79.9. The molecular weight excluding hydrogens is 366 g/mol. The summed E-state index contributed by atoms with van der Waals surface area (Å²) in [7, 11) is -3.78. The van der Waals surface area contributed by atoms with Crippen LogP contribution in [0.15, 0.2) is 45.8 Å². The molecule has 106 valence electrons. The van der Waals surface area contributed by atoms with Crippen LogP contribution in [-0.4, -0.2) is 13.5 Å². The van der Waals surface area contributed by atoms with Crippen LogP contribution in [0.1, 0.15) is 5.56 Å². The Balaban J connectivity index is 2.41. The van der Waals surface area contributed by atoms with Crippen LogP contribution in [0.2, 0.25) is 5.02 Å². The normalized spacial score (nSPS) is 11.3. The van der Waals surface area contributed by atoms with Gasteiger partial charge in [-0.25, -0.2) is 8.42 Å². The van der Waals surface area contributed by atoms with Crippen LogP contribution in [-0.2, 0) is 10.0 Å². The minimum absolute atomic E-state index is 0.0536. The first kappa shape index (κ1) is 15.2. The van der Waals surface area contributed by atoms with Gasteiger partial charge in [-0.2, -0.15) is 0 Å². The predicted molar refractivity (Wildman–Crippen MR) is 82.8 cm³/mol. The number of sulfonamides is 1. The van der Waals surface area contributed by atoms with Crippen molar-refractivity contribution in [2.75, 3.05) is 4.72 Å². The van der Waals surface area contributed by atoms with E-state index in [1.54, 1.807) is 25.1 Å². The maximum atomic E-state index is 12.2. The highest BCUT2D eigenvalue weighted by Gasteiger charge is 2.17. The quantitative estimate of drug-likeness (QED) is 0.798. The minimum Gasteiger partial charge on any atom is -0.505 e. The lowest BCUT2D eigenvalue weighted by atomic mass is 10.2. The molecule has 0 aromatic heterocycles. The van der Waals surface area contributed by atoms with Gasteiger partial charge in [-0.3, -0.25) is 4.72 Å². The number of halogens is 2. The Morgan fingerprint density at radius 2 is 1.80 bits per heavy atom. The Morgan fingerprint density at radius 3 is 2.40 bits per heavy atom. The average molecular weight is 377 g/mol. The van der Waals surface area contributed by atoms with Crippen molar-refractivity contribution in [1.82, 2.24) is 0 Å². The Labute approximate surface area is 130 Å². The van der Waals surface area contributed by atoms with Crippen molar-refractivity contribution in [2.45, 2.75) is 11.8 Å². The summed E-state index contributed by atoms with van der Waals surface area (Å²) in [6.07, 6.45) is 0. The zero-order valence-corrected chi connectivity index (χ0v) is 13.6. The van der Waals surface area contributed by atoms with Crippen molar-refractivity contribution in [3.8, 4) is 5.75 Å². The van der Waals surface area contributed by atoms with E-state index in [9.17, 15) is 13.5 Å². The van der Waals surface area contributed by atoms with Gasteiger partial charge in [-0.05, 0) is 48.9 Å². The highest BCUT2D eigenvalue weighted by Crippen LogP contribution is 2.32. The molecule has 0 saturated heterocycles. The van der Waals surface area contributed by atoms with Gasteiger partial charge in [0, 0.05) is 9.50 Å². The summed E-state index contributed by atoms with van der Waals surface area (Å²) in [6, 6.07) is 9.08. The van der Waals surface area contributed by atoms with E-state index >= 15 is 0 Å². The Bertz CT molecular complexity index is 745. The monoisotopic (exact) mass is 375 g/mol.